The summed E-state index contributed by atoms with van der Waals surface area (Å²) in [7, 11) is 0. The first-order valence-electron chi connectivity index (χ1n) is 6.65. The molecule has 0 N–H and O–H groups in total. The molecule has 5 nitrogen and oxygen atoms in total. The van der Waals surface area contributed by atoms with Crippen molar-refractivity contribution < 1.29 is 19.0 Å². The van der Waals surface area contributed by atoms with E-state index in [1.807, 2.05) is 0 Å². The Bertz CT molecular complexity index is 301. The van der Waals surface area contributed by atoms with Crippen LogP contribution in [0.3, 0.4) is 0 Å². The maximum Gasteiger partial charge on any atom is 0.256 e. The molecule has 0 aliphatic rings. The van der Waals surface area contributed by atoms with E-state index >= 15 is 0 Å². The molecule has 0 spiro atoms. The fourth-order valence-corrected chi connectivity index (χ4v) is 1.64. The molecule has 122 valence electrons. The molecule has 0 aromatic carbocycles. The molecule has 0 aromatic rings. The fraction of sp³-hybridized carbons (Fsp3) is 0.643. The monoisotopic (exact) mass is 339 g/mol. The van der Waals surface area contributed by atoms with Gasteiger partial charge in [0.25, 0.3) is 5.91 Å². The van der Waals surface area contributed by atoms with E-state index in [1.165, 1.54) is 4.90 Å². The zero-order valence-corrected chi connectivity index (χ0v) is 13.7. The van der Waals surface area contributed by atoms with Crippen molar-refractivity contribution >= 4 is 29.1 Å². The topological polar surface area (TPSA) is 48.0 Å². The Balaban J connectivity index is 3.56. The molecule has 0 saturated heterocycles. The molecule has 0 radical (unpaired) electrons. The van der Waals surface area contributed by atoms with Crippen LogP contribution in [0.1, 0.15) is 0 Å². The van der Waals surface area contributed by atoms with Gasteiger partial charge in [-0.15, -0.1) is 13.2 Å². The third-order valence-electron chi connectivity index (χ3n) is 2.33. The summed E-state index contributed by atoms with van der Waals surface area (Å²) >= 11 is 11.1. The molecular formula is C14H23Cl2NO4. The fourth-order valence-electron chi connectivity index (χ4n) is 1.37. The van der Waals surface area contributed by atoms with Gasteiger partial charge >= 0.3 is 0 Å². The van der Waals surface area contributed by atoms with Crippen molar-refractivity contribution in [1.29, 1.82) is 0 Å². The second-order valence-electron chi connectivity index (χ2n) is 3.96. The van der Waals surface area contributed by atoms with Crippen LogP contribution in [0.2, 0.25) is 0 Å². The lowest BCUT2D eigenvalue weighted by Gasteiger charge is -2.21. The summed E-state index contributed by atoms with van der Waals surface area (Å²) in [5.41, 5.74) is 0. The number of rotatable bonds is 14. The van der Waals surface area contributed by atoms with Crippen LogP contribution in [0, 0.1) is 0 Å². The smallest absolute Gasteiger partial charge is 0.256 e. The molecule has 0 aliphatic carbocycles. The van der Waals surface area contributed by atoms with Gasteiger partial charge in [-0.2, -0.15) is 0 Å². The van der Waals surface area contributed by atoms with Crippen molar-refractivity contribution in [2.75, 3.05) is 52.7 Å². The Kier molecular flexibility index (Phi) is 13.9. The van der Waals surface area contributed by atoms with Gasteiger partial charge in [0, 0.05) is 13.1 Å². The quantitative estimate of drug-likeness (QED) is 0.276. The van der Waals surface area contributed by atoms with E-state index < -0.39 is 4.84 Å². The third-order valence-corrected chi connectivity index (χ3v) is 2.71. The predicted molar refractivity (Wildman–Crippen MR) is 84.9 cm³/mol. The molecule has 1 amide bonds. The van der Waals surface area contributed by atoms with Gasteiger partial charge in [-0.05, 0) is 0 Å². The van der Waals surface area contributed by atoms with Crippen LogP contribution in [0.5, 0.6) is 0 Å². The minimum absolute atomic E-state index is 0.350. The number of alkyl halides is 2. The first-order valence-corrected chi connectivity index (χ1v) is 7.52. The number of ether oxygens (including phenoxy) is 3. The molecular weight excluding hydrogens is 317 g/mol. The Morgan fingerprint density at radius 3 is 2.10 bits per heavy atom. The van der Waals surface area contributed by atoms with Crippen molar-refractivity contribution in [3.05, 3.63) is 25.3 Å². The van der Waals surface area contributed by atoms with E-state index in [9.17, 15) is 4.79 Å². The minimum atomic E-state index is -1.07. The zero-order valence-electron chi connectivity index (χ0n) is 12.1. The summed E-state index contributed by atoms with van der Waals surface area (Å²) in [6.45, 7) is 10.8. The Labute approximate surface area is 136 Å². The van der Waals surface area contributed by atoms with Crippen LogP contribution in [-0.2, 0) is 19.0 Å². The van der Waals surface area contributed by atoms with E-state index in [0.29, 0.717) is 52.7 Å². The van der Waals surface area contributed by atoms with Gasteiger partial charge in [0.1, 0.15) is 0 Å². The van der Waals surface area contributed by atoms with Crippen molar-refractivity contribution in [2.45, 2.75) is 4.84 Å². The number of carbonyl (C=O) groups excluding carboxylic acids is 1. The van der Waals surface area contributed by atoms with E-state index in [1.54, 1.807) is 12.2 Å². The second kappa shape index (κ2) is 14.4. The van der Waals surface area contributed by atoms with Crippen molar-refractivity contribution in [2.24, 2.45) is 0 Å². The van der Waals surface area contributed by atoms with Crippen molar-refractivity contribution in [3.63, 3.8) is 0 Å². The summed E-state index contributed by atoms with van der Waals surface area (Å²) in [4.78, 5) is 12.1. The lowest BCUT2D eigenvalue weighted by molar-refractivity contribution is -0.129. The summed E-state index contributed by atoms with van der Waals surface area (Å²) in [6, 6.07) is 0. The average molecular weight is 340 g/mol. The highest BCUT2D eigenvalue weighted by Crippen LogP contribution is 2.06. The van der Waals surface area contributed by atoms with Crippen LogP contribution >= 0.6 is 23.2 Å². The molecule has 21 heavy (non-hydrogen) atoms. The molecule has 7 heteroatoms. The van der Waals surface area contributed by atoms with Crippen LogP contribution in [0.4, 0.5) is 0 Å². The lowest BCUT2D eigenvalue weighted by atomic mass is 10.4. The predicted octanol–water partition coefficient (Wildman–Crippen LogP) is 2.04. The Morgan fingerprint density at radius 1 is 1.00 bits per heavy atom. The van der Waals surface area contributed by atoms with Gasteiger partial charge in [0.15, 0.2) is 4.84 Å². The first-order chi connectivity index (χ1) is 10.1. The van der Waals surface area contributed by atoms with Crippen molar-refractivity contribution in [3.8, 4) is 0 Å². The number of halogens is 2. The first kappa shape index (κ1) is 20.4. The van der Waals surface area contributed by atoms with Gasteiger partial charge in [0.2, 0.25) is 0 Å². The van der Waals surface area contributed by atoms with E-state index in [2.05, 4.69) is 13.2 Å². The maximum atomic E-state index is 11.6. The van der Waals surface area contributed by atoms with Crippen molar-refractivity contribution in [1.82, 2.24) is 4.90 Å². The van der Waals surface area contributed by atoms with Gasteiger partial charge in [-0.25, -0.2) is 0 Å². The highest BCUT2D eigenvalue weighted by atomic mass is 35.5. The molecule has 0 heterocycles. The highest BCUT2D eigenvalue weighted by Gasteiger charge is 2.18. The third kappa shape index (κ3) is 11.7. The SMILES string of the molecule is C=CCOCCOCCOCCN(CC=C)C(=O)C(Cl)Cl. The number of carbonyl (C=O) groups is 1. The van der Waals surface area contributed by atoms with E-state index in [4.69, 9.17) is 37.4 Å². The zero-order chi connectivity index (χ0) is 15.9. The van der Waals surface area contributed by atoms with Crippen LogP contribution in [-0.4, -0.2) is 68.4 Å². The lowest BCUT2D eigenvalue weighted by Crippen LogP contribution is -2.37. The normalized spacial score (nSPS) is 10.6. The Hall–Kier alpha value is -0.590. The average Bonchev–Trinajstić information content (AvgIpc) is 2.47. The molecule has 0 rings (SSSR count). The largest absolute Gasteiger partial charge is 0.377 e. The number of nitrogens with zero attached hydrogens (tertiary/aromatic N) is 1. The standard InChI is InChI=1S/C14H23Cl2NO4/c1-3-5-17(14(18)13(15)16)6-8-20-10-12-21-11-9-19-7-4-2/h3-4,13H,1-2,5-12H2. The number of amides is 1. The minimum Gasteiger partial charge on any atom is -0.377 e. The molecule has 0 aromatic heterocycles. The van der Waals surface area contributed by atoms with Crippen LogP contribution in [0.15, 0.2) is 25.3 Å². The molecule has 0 unspecified atom stereocenters. The summed E-state index contributed by atoms with van der Waals surface area (Å²) in [6.07, 6.45) is 3.30. The molecule has 0 bridgehead atoms. The molecule has 0 atom stereocenters. The highest BCUT2D eigenvalue weighted by molar-refractivity contribution is 6.53. The maximum absolute atomic E-state index is 11.6. The van der Waals surface area contributed by atoms with E-state index in [-0.39, 0.29) is 5.91 Å². The summed E-state index contributed by atoms with van der Waals surface area (Å²) in [5.74, 6) is -0.350. The van der Waals surface area contributed by atoms with Gasteiger partial charge in [-0.3, -0.25) is 4.79 Å². The number of hydrogen-bond donors (Lipinski definition) is 0. The van der Waals surface area contributed by atoms with E-state index in [0.717, 1.165) is 0 Å². The van der Waals surface area contributed by atoms with Gasteiger partial charge < -0.3 is 19.1 Å². The second-order valence-corrected chi connectivity index (χ2v) is 5.06. The summed E-state index contributed by atoms with van der Waals surface area (Å²) < 4.78 is 15.8. The molecule has 0 saturated carbocycles. The number of hydrogen-bond acceptors (Lipinski definition) is 4. The molecule has 0 fully saturated rings. The van der Waals surface area contributed by atoms with Crippen LogP contribution in [0.25, 0.3) is 0 Å². The Morgan fingerprint density at radius 2 is 1.57 bits per heavy atom. The summed E-state index contributed by atoms with van der Waals surface area (Å²) in [5, 5.41) is 0. The van der Waals surface area contributed by atoms with Gasteiger partial charge in [0.05, 0.1) is 39.6 Å². The molecule has 0 aliphatic heterocycles. The van der Waals surface area contributed by atoms with Gasteiger partial charge in [-0.1, -0.05) is 35.4 Å². The van der Waals surface area contributed by atoms with Crippen LogP contribution < -0.4 is 0 Å².